The molecule has 24 heavy (non-hydrogen) atoms. The Kier molecular flexibility index (Phi) is 3.66. The van der Waals surface area contributed by atoms with Crippen molar-refractivity contribution in [2.75, 3.05) is 19.1 Å². The summed E-state index contributed by atoms with van der Waals surface area (Å²) in [6.07, 6.45) is 1.87. The standard InChI is InChI=1S/C18H16N4OS/c1-21(14-8-10-15(23-2)11-9-14)18-20-22-16(12-19-17(22)24-18)13-6-4-3-5-7-13/h3-12H,1-2H3. The average molecular weight is 336 g/mol. The number of imidazole rings is 1. The third-order valence-electron chi connectivity index (χ3n) is 3.89. The first-order valence-corrected chi connectivity index (χ1v) is 8.35. The zero-order valence-corrected chi connectivity index (χ0v) is 14.2. The highest BCUT2D eigenvalue weighted by molar-refractivity contribution is 7.20. The minimum Gasteiger partial charge on any atom is -0.497 e. The van der Waals surface area contributed by atoms with Gasteiger partial charge in [0.2, 0.25) is 10.1 Å². The second kappa shape index (κ2) is 5.98. The smallest absolute Gasteiger partial charge is 0.214 e. The van der Waals surface area contributed by atoms with Crippen molar-refractivity contribution in [2.24, 2.45) is 0 Å². The van der Waals surface area contributed by atoms with Crippen LogP contribution in [0.3, 0.4) is 0 Å². The van der Waals surface area contributed by atoms with Gasteiger partial charge >= 0.3 is 0 Å². The van der Waals surface area contributed by atoms with Crippen LogP contribution in [0, 0.1) is 0 Å². The minimum atomic E-state index is 0.840. The molecule has 120 valence electrons. The first kappa shape index (κ1) is 14.7. The molecular formula is C18H16N4OS. The van der Waals surface area contributed by atoms with Crippen molar-refractivity contribution in [1.29, 1.82) is 0 Å². The summed E-state index contributed by atoms with van der Waals surface area (Å²) < 4.78 is 7.11. The lowest BCUT2D eigenvalue weighted by Crippen LogP contribution is -2.09. The lowest BCUT2D eigenvalue weighted by Gasteiger charge is -2.15. The Balaban J connectivity index is 1.71. The van der Waals surface area contributed by atoms with Gasteiger partial charge in [-0.05, 0) is 24.3 Å². The lowest BCUT2D eigenvalue weighted by molar-refractivity contribution is 0.415. The zero-order chi connectivity index (χ0) is 16.5. The molecule has 6 heteroatoms. The normalized spacial score (nSPS) is 10.9. The maximum absolute atomic E-state index is 5.21. The van der Waals surface area contributed by atoms with Gasteiger partial charge in [0.15, 0.2) is 0 Å². The number of nitrogens with zero attached hydrogens (tertiary/aromatic N) is 4. The van der Waals surface area contributed by atoms with Crippen LogP contribution < -0.4 is 9.64 Å². The van der Waals surface area contributed by atoms with Crippen molar-refractivity contribution < 1.29 is 4.74 Å². The number of anilines is 2. The van der Waals surface area contributed by atoms with E-state index in [1.165, 1.54) is 0 Å². The summed E-state index contributed by atoms with van der Waals surface area (Å²) in [4.78, 5) is 7.42. The van der Waals surface area contributed by atoms with Crippen molar-refractivity contribution in [3.05, 3.63) is 60.8 Å². The summed E-state index contributed by atoms with van der Waals surface area (Å²) in [5, 5.41) is 5.62. The fourth-order valence-corrected chi connectivity index (χ4v) is 3.40. The predicted octanol–water partition coefficient (Wildman–Crippen LogP) is 4.23. The first-order valence-electron chi connectivity index (χ1n) is 7.54. The van der Waals surface area contributed by atoms with Crippen LogP contribution in [0.25, 0.3) is 16.2 Å². The Morgan fingerprint density at radius 2 is 1.79 bits per heavy atom. The number of benzene rings is 2. The Bertz CT molecular complexity index is 960. The Hall–Kier alpha value is -2.86. The third-order valence-corrected chi connectivity index (χ3v) is 4.89. The molecule has 0 N–H and O–H groups in total. The maximum atomic E-state index is 5.21. The summed E-state index contributed by atoms with van der Waals surface area (Å²) in [5.41, 5.74) is 3.15. The molecule has 4 aromatic rings. The monoisotopic (exact) mass is 336 g/mol. The van der Waals surface area contributed by atoms with Gasteiger partial charge in [0.25, 0.3) is 0 Å². The van der Waals surface area contributed by atoms with Gasteiger partial charge in [-0.1, -0.05) is 41.7 Å². The molecule has 0 spiro atoms. The molecule has 2 heterocycles. The van der Waals surface area contributed by atoms with Gasteiger partial charge in [-0.3, -0.25) is 0 Å². The second-order valence-electron chi connectivity index (χ2n) is 5.35. The molecular weight excluding hydrogens is 320 g/mol. The first-order chi connectivity index (χ1) is 11.8. The van der Waals surface area contributed by atoms with Crippen LogP contribution in [0.15, 0.2) is 60.8 Å². The highest BCUT2D eigenvalue weighted by Gasteiger charge is 2.15. The number of rotatable bonds is 4. The minimum absolute atomic E-state index is 0.840. The van der Waals surface area contributed by atoms with Gasteiger partial charge in [-0.2, -0.15) is 0 Å². The van der Waals surface area contributed by atoms with Crippen molar-refractivity contribution >= 4 is 27.1 Å². The topological polar surface area (TPSA) is 42.7 Å². The van der Waals surface area contributed by atoms with Crippen LogP contribution >= 0.6 is 11.3 Å². The molecule has 0 aliphatic rings. The van der Waals surface area contributed by atoms with E-state index in [0.29, 0.717) is 0 Å². The number of hydrogen-bond donors (Lipinski definition) is 0. The van der Waals surface area contributed by atoms with E-state index >= 15 is 0 Å². The average Bonchev–Trinajstić information content (AvgIpc) is 3.22. The molecule has 0 bridgehead atoms. The molecule has 0 fully saturated rings. The second-order valence-corrected chi connectivity index (χ2v) is 6.28. The van der Waals surface area contributed by atoms with E-state index in [0.717, 1.165) is 32.8 Å². The van der Waals surface area contributed by atoms with Gasteiger partial charge in [-0.15, -0.1) is 5.10 Å². The maximum Gasteiger partial charge on any atom is 0.214 e. The molecule has 4 rings (SSSR count). The molecule has 2 aromatic heterocycles. The molecule has 0 amide bonds. The number of hydrogen-bond acceptors (Lipinski definition) is 5. The van der Waals surface area contributed by atoms with Gasteiger partial charge in [0.1, 0.15) is 5.75 Å². The quantitative estimate of drug-likeness (QED) is 0.559. The van der Waals surface area contributed by atoms with E-state index in [1.54, 1.807) is 18.4 Å². The molecule has 2 aromatic carbocycles. The van der Waals surface area contributed by atoms with E-state index in [4.69, 9.17) is 9.84 Å². The summed E-state index contributed by atoms with van der Waals surface area (Å²) in [7, 11) is 3.67. The van der Waals surface area contributed by atoms with Crippen LogP contribution in [-0.4, -0.2) is 28.8 Å². The number of aromatic nitrogens is 3. The number of ether oxygens (including phenoxy) is 1. The van der Waals surface area contributed by atoms with Crippen molar-refractivity contribution in [2.45, 2.75) is 0 Å². The summed E-state index contributed by atoms with van der Waals surface area (Å²) in [6, 6.07) is 18.1. The van der Waals surface area contributed by atoms with Gasteiger partial charge < -0.3 is 9.64 Å². The van der Waals surface area contributed by atoms with Crippen LogP contribution in [0.2, 0.25) is 0 Å². The van der Waals surface area contributed by atoms with Crippen LogP contribution in [0.1, 0.15) is 0 Å². The summed E-state index contributed by atoms with van der Waals surface area (Å²) >= 11 is 1.56. The Morgan fingerprint density at radius 3 is 2.50 bits per heavy atom. The van der Waals surface area contributed by atoms with Crippen LogP contribution in [0.4, 0.5) is 10.8 Å². The summed E-state index contributed by atoms with van der Waals surface area (Å²) in [6.45, 7) is 0. The van der Waals surface area contributed by atoms with E-state index in [1.807, 2.05) is 65.1 Å². The van der Waals surface area contributed by atoms with Crippen molar-refractivity contribution in [1.82, 2.24) is 14.6 Å². The van der Waals surface area contributed by atoms with Gasteiger partial charge in [-0.25, -0.2) is 9.50 Å². The SMILES string of the molecule is COc1ccc(N(C)c2nn3c(-c4ccccc4)cnc3s2)cc1. The van der Waals surface area contributed by atoms with E-state index in [9.17, 15) is 0 Å². The van der Waals surface area contributed by atoms with E-state index in [2.05, 4.69) is 17.1 Å². The van der Waals surface area contributed by atoms with Gasteiger partial charge in [0, 0.05) is 18.3 Å². The lowest BCUT2D eigenvalue weighted by atomic mass is 10.2. The number of fused-ring (bicyclic) bond motifs is 1. The largest absolute Gasteiger partial charge is 0.497 e. The zero-order valence-electron chi connectivity index (χ0n) is 13.4. The molecule has 0 radical (unpaired) electrons. The third kappa shape index (κ3) is 2.51. The highest BCUT2D eigenvalue weighted by atomic mass is 32.1. The highest BCUT2D eigenvalue weighted by Crippen LogP contribution is 2.31. The predicted molar refractivity (Wildman–Crippen MR) is 97.4 cm³/mol. The molecule has 0 aliphatic heterocycles. The fraction of sp³-hybridized carbons (Fsp3) is 0.111. The van der Waals surface area contributed by atoms with Crippen molar-refractivity contribution in [3.8, 4) is 17.0 Å². The fourth-order valence-electron chi connectivity index (χ4n) is 2.54. The van der Waals surface area contributed by atoms with E-state index < -0.39 is 0 Å². The van der Waals surface area contributed by atoms with Crippen LogP contribution in [0.5, 0.6) is 5.75 Å². The van der Waals surface area contributed by atoms with Gasteiger partial charge in [0.05, 0.1) is 19.0 Å². The molecule has 0 unspecified atom stereocenters. The Labute approximate surface area is 143 Å². The van der Waals surface area contributed by atoms with Crippen molar-refractivity contribution in [3.63, 3.8) is 0 Å². The van der Waals surface area contributed by atoms with E-state index in [-0.39, 0.29) is 0 Å². The molecule has 0 atom stereocenters. The molecule has 5 nitrogen and oxygen atoms in total. The molecule has 0 saturated heterocycles. The summed E-state index contributed by atoms with van der Waals surface area (Å²) in [5.74, 6) is 0.840. The Morgan fingerprint density at radius 1 is 1.04 bits per heavy atom. The molecule has 0 saturated carbocycles. The molecule has 0 aliphatic carbocycles. The van der Waals surface area contributed by atoms with Crippen LogP contribution in [-0.2, 0) is 0 Å². The number of methoxy groups -OCH3 is 1.